The number of methoxy groups -OCH3 is 1. The van der Waals surface area contributed by atoms with Gasteiger partial charge in [0.1, 0.15) is 5.82 Å². The van der Waals surface area contributed by atoms with Crippen molar-refractivity contribution in [3.05, 3.63) is 52.1 Å². The molecule has 1 aromatic heterocycles. The van der Waals surface area contributed by atoms with E-state index in [1.165, 1.54) is 25.3 Å². The van der Waals surface area contributed by atoms with E-state index in [4.69, 9.17) is 0 Å². The number of pyridine rings is 1. The van der Waals surface area contributed by atoms with Crippen LogP contribution >= 0.6 is 0 Å². The van der Waals surface area contributed by atoms with Gasteiger partial charge in [-0.25, -0.2) is 9.18 Å². The van der Waals surface area contributed by atoms with Crippen molar-refractivity contribution in [1.82, 2.24) is 4.98 Å². The van der Waals surface area contributed by atoms with E-state index in [1.807, 2.05) is 0 Å². The summed E-state index contributed by atoms with van der Waals surface area (Å²) < 4.78 is 17.4. The average molecular weight is 247 g/mol. The first-order valence-electron chi connectivity index (χ1n) is 5.19. The highest BCUT2D eigenvalue weighted by molar-refractivity contribution is 5.88. The van der Waals surface area contributed by atoms with Gasteiger partial charge in [-0.3, -0.25) is 4.79 Å². The van der Waals surface area contributed by atoms with Crippen molar-refractivity contribution >= 4 is 22.9 Å². The summed E-state index contributed by atoms with van der Waals surface area (Å²) in [6.45, 7) is 0. The van der Waals surface area contributed by atoms with Crippen LogP contribution in [-0.4, -0.2) is 18.1 Å². The highest BCUT2D eigenvalue weighted by atomic mass is 19.1. The molecule has 5 heteroatoms. The van der Waals surface area contributed by atoms with Gasteiger partial charge >= 0.3 is 5.97 Å². The summed E-state index contributed by atoms with van der Waals surface area (Å²) in [6, 6.07) is 5.67. The van der Waals surface area contributed by atoms with Gasteiger partial charge in [-0.05, 0) is 35.7 Å². The smallest absolute Gasteiger partial charge is 0.330 e. The number of esters is 1. The Hall–Kier alpha value is -2.43. The van der Waals surface area contributed by atoms with Gasteiger partial charge in [-0.2, -0.15) is 0 Å². The summed E-state index contributed by atoms with van der Waals surface area (Å²) in [6.07, 6.45) is 2.51. The van der Waals surface area contributed by atoms with E-state index >= 15 is 0 Å². The van der Waals surface area contributed by atoms with Crippen LogP contribution in [-0.2, 0) is 9.53 Å². The maximum Gasteiger partial charge on any atom is 0.330 e. The first-order valence-corrected chi connectivity index (χ1v) is 5.19. The topological polar surface area (TPSA) is 59.2 Å². The summed E-state index contributed by atoms with van der Waals surface area (Å²) in [7, 11) is 1.25. The molecule has 0 aliphatic rings. The molecule has 92 valence electrons. The van der Waals surface area contributed by atoms with Crippen LogP contribution in [0.1, 0.15) is 5.56 Å². The third kappa shape index (κ3) is 2.45. The van der Waals surface area contributed by atoms with Crippen molar-refractivity contribution in [2.45, 2.75) is 0 Å². The molecule has 0 unspecified atom stereocenters. The van der Waals surface area contributed by atoms with Crippen LogP contribution in [0.15, 0.2) is 35.1 Å². The predicted molar refractivity (Wildman–Crippen MR) is 65.6 cm³/mol. The fourth-order valence-corrected chi connectivity index (χ4v) is 1.54. The number of hydrogen-bond acceptors (Lipinski definition) is 3. The van der Waals surface area contributed by atoms with Gasteiger partial charge in [0.25, 0.3) is 5.56 Å². The number of nitrogens with one attached hydrogen (secondary N) is 1. The molecule has 0 aliphatic carbocycles. The van der Waals surface area contributed by atoms with Crippen molar-refractivity contribution in [1.29, 1.82) is 0 Å². The van der Waals surface area contributed by atoms with Crippen molar-refractivity contribution in [2.75, 3.05) is 7.11 Å². The maximum absolute atomic E-state index is 13.0. The lowest BCUT2D eigenvalue weighted by molar-refractivity contribution is -0.134. The van der Waals surface area contributed by atoms with E-state index in [2.05, 4.69) is 9.72 Å². The normalized spacial score (nSPS) is 11.0. The summed E-state index contributed by atoms with van der Waals surface area (Å²) in [5.41, 5.74) is 0.322. The first kappa shape index (κ1) is 12.0. The minimum absolute atomic E-state index is 0.305. The molecule has 0 spiro atoms. The monoisotopic (exact) mass is 247 g/mol. The van der Waals surface area contributed by atoms with Crippen LogP contribution in [0.5, 0.6) is 0 Å². The maximum atomic E-state index is 13.0. The van der Waals surface area contributed by atoms with Gasteiger partial charge in [0.2, 0.25) is 0 Å². The van der Waals surface area contributed by atoms with Crippen LogP contribution < -0.4 is 5.56 Å². The lowest BCUT2D eigenvalue weighted by Crippen LogP contribution is -2.09. The van der Waals surface area contributed by atoms with Crippen LogP contribution in [0, 0.1) is 5.82 Å². The second-order valence-electron chi connectivity index (χ2n) is 3.64. The lowest BCUT2D eigenvalue weighted by atomic mass is 10.1. The number of fused-ring (bicyclic) bond motifs is 1. The molecule has 0 saturated carbocycles. The second-order valence-corrected chi connectivity index (χ2v) is 3.64. The molecule has 1 aromatic carbocycles. The van der Waals surface area contributed by atoms with E-state index in [9.17, 15) is 14.0 Å². The lowest BCUT2D eigenvalue weighted by Gasteiger charge is -1.99. The van der Waals surface area contributed by atoms with E-state index in [1.54, 1.807) is 12.1 Å². The molecule has 0 radical (unpaired) electrons. The van der Waals surface area contributed by atoms with E-state index < -0.39 is 17.3 Å². The summed E-state index contributed by atoms with van der Waals surface area (Å²) in [4.78, 5) is 25.1. The number of hydrogen-bond donors (Lipinski definition) is 1. The van der Waals surface area contributed by atoms with Crippen LogP contribution in [0.2, 0.25) is 0 Å². The number of H-pyrrole nitrogens is 1. The zero-order valence-corrected chi connectivity index (χ0v) is 9.57. The Kier molecular flexibility index (Phi) is 3.23. The Morgan fingerprint density at radius 3 is 2.89 bits per heavy atom. The third-order valence-corrected chi connectivity index (χ3v) is 2.44. The van der Waals surface area contributed by atoms with E-state index in [0.717, 1.165) is 6.08 Å². The Balaban J connectivity index is 2.50. The number of halogens is 1. The molecule has 0 bridgehead atoms. The number of rotatable bonds is 2. The molecular formula is C13H10FNO3. The van der Waals surface area contributed by atoms with Crippen LogP contribution in [0.4, 0.5) is 4.39 Å². The molecule has 1 heterocycles. The second kappa shape index (κ2) is 4.83. The molecule has 0 amide bonds. The number of carbonyl (C=O) groups is 1. The molecule has 4 nitrogen and oxygen atoms in total. The standard InChI is InChI=1S/C13H10FNO3/c1-18-12(16)5-3-9-6-8-2-4-10(14)7-11(8)15-13(9)17/h2-7H,1H3,(H,15,17). The quantitative estimate of drug-likeness (QED) is 0.650. The van der Waals surface area contributed by atoms with Gasteiger partial charge in [-0.1, -0.05) is 0 Å². The largest absolute Gasteiger partial charge is 0.466 e. The Morgan fingerprint density at radius 1 is 1.39 bits per heavy atom. The van der Waals surface area contributed by atoms with Gasteiger partial charge in [0.05, 0.1) is 12.6 Å². The molecule has 2 aromatic rings. The van der Waals surface area contributed by atoms with Gasteiger partial charge in [0, 0.05) is 11.6 Å². The fraction of sp³-hybridized carbons (Fsp3) is 0.0769. The Labute approximate surface area is 102 Å². The van der Waals surface area contributed by atoms with Crippen molar-refractivity contribution in [3.63, 3.8) is 0 Å². The number of carbonyl (C=O) groups excluding carboxylic acids is 1. The zero-order chi connectivity index (χ0) is 13.1. The molecular weight excluding hydrogens is 237 g/mol. The van der Waals surface area contributed by atoms with Crippen LogP contribution in [0.25, 0.3) is 17.0 Å². The number of aromatic amines is 1. The van der Waals surface area contributed by atoms with Crippen LogP contribution in [0.3, 0.4) is 0 Å². The van der Waals surface area contributed by atoms with Gasteiger partial charge in [-0.15, -0.1) is 0 Å². The summed E-state index contributed by atoms with van der Waals surface area (Å²) in [5.74, 6) is -0.968. The number of aromatic nitrogens is 1. The highest BCUT2D eigenvalue weighted by Gasteiger charge is 2.02. The number of ether oxygens (including phenoxy) is 1. The molecule has 2 rings (SSSR count). The molecule has 0 fully saturated rings. The zero-order valence-electron chi connectivity index (χ0n) is 9.57. The Morgan fingerprint density at radius 2 is 2.17 bits per heavy atom. The minimum atomic E-state index is -0.548. The predicted octanol–water partition coefficient (Wildman–Crippen LogP) is 1.85. The molecule has 1 N–H and O–H groups in total. The number of benzene rings is 1. The summed E-state index contributed by atoms with van der Waals surface area (Å²) in [5, 5.41) is 0.681. The average Bonchev–Trinajstić information content (AvgIpc) is 2.35. The van der Waals surface area contributed by atoms with Gasteiger partial charge in [0.15, 0.2) is 0 Å². The molecule has 0 aliphatic heterocycles. The molecule has 18 heavy (non-hydrogen) atoms. The van der Waals surface area contributed by atoms with Gasteiger partial charge < -0.3 is 9.72 Å². The molecule has 0 saturated heterocycles. The third-order valence-electron chi connectivity index (χ3n) is 2.44. The Bertz CT molecular complexity index is 688. The van der Waals surface area contributed by atoms with Crippen molar-refractivity contribution in [3.8, 4) is 0 Å². The first-order chi connectivity index (χ1) is 8.60. The summed E-state index contributed by atoms with van der Waals surface area (Å²) >= 11 is 0. The molecule has 0 atom stereocenters. The van der Waals surface area contributed by atoms with Crippen molar-refractivity contribution in [2.24, 2.45) is 0 Å². The van der Waals surface area contributed by atoms with E-state index in [0.29, 0.717) is 16.5 Å². The SMILES string of the molecule is COC(=O)C=Cc1cc2ccc(F)cc2[nH]c1=O. The van der Waals surface area contributed by atoms with E-state index in [-0.39, 0.29) is 0 Å². The fourth-order valence-electron chi connectivity index (χ4n) is 1.54. The minimum Gasteiger partial charge on any atom is -0.466 e. The highest BCUT2D eigenvalue weighted by Crippen LogP contribution is 2.13. The van der Waals surface area contributed by atoms with Crippen molar-refractivity contribution < 1.29 is 13.9 Å².